The highest BCUT2D eigenvalue weighted by Gasteiger charge is 2.30. The number of esters is 1. The molecule has 0 spiro atoms. The summed E-state index contributed by atoms with van der Waals surface area (Å²) in [4.78, 5) is 35.6. The van der Waals surface area contributed by atoms with Crippen LogP contribution in [0.25, 0.3) is 0 Å². The van der Waals surface area contributed by atoms with Crippen molar-refractivity contribution in [1.29, 1.82) is 0 Å². The van der Waals surface area contributed by atoms with Gasteiger partial charge >= 0.3 is 14.1 Å². The van der Waals surface area contributed by atoms with Gasteiger partial charge in [-0.15, -0.1) is 0 Å². The Balaban J connectivity index is 2.17. The van der Waals surface area contributed by atoms with E-state index in [9.17, 15) is 14.6 Å². The van der Waals surface area contributed by atoms with Crippen LogP contribution in [-0.4, -0.2) is 57.5 Å². The SMILES string of the molecule is CCCCCCCCCCCCCCCCO[C@H](COC(C)=O)CO[P+]([O-])(O)OCC[n+]1ccc(N(C)C)cc1. The Hall–Kier alpha value is -1.35. The predicted molar refractivity (Wildman–Crippen MR) is 159 cm³/mol. The van der Waals surface area contributed by atoms with Crippen molar-refractivity contribution < 1.29 is 37.7 Å². The number of ether oxygens (including phenoxy) is 2. The Labute approximate surface area is 243 Å². The standard InChI is InChI=1S/C30H55N2O7P/c1-5-6-7-8-9-10-11-12-13-14-15-16-17-18-24-36-30(26-37-28(2)33)27-39-40(34,35)38-25-23-32-21-19-29(20-22-32)31(3)4/h19-22,30H,5-18,23-27H2,1-4H3/p+1/t30-/m1/s1. The first kappa shape index (κ1) is 36.7. The van der Waals surface area contributed by atoms with Crippen molar-refractivity contribution in [2.24, 2.45) is 0 Å². The van der Waals surface area contributed by atoms with Crippen molar-refractivity contribution in [3.8, 4) is 0 Å². The molecule has 9 nitrogen and oxygen atoms in total. The molecule has 2 atom stereocenters. The van der Waals surface area contributed by atoms with Crippen molar-refractivity contribution in [3.05, 3.63) is 24.5 Å². The van der Waals surface area contributed by atoms with E-state index < -0.39 is 20.2 Å². The number of unbranched alkanes of at least 4 members (excludes halogenated alkanes) is 13. The summed E-state index contributed by atoms with van der Waals surface area (Å²) < 4.78 is 23.0. The van der Waals surface area contributed by atoms with Crippen LogP contribution in [0.3, 0.4) is 0 Å². The summed E-state index contributed by atoms with van der Waals surface area (Å²) in [5.74, 6) is -0.439. The van der Waals surface area contributed by atoms with Gasteiger partial charge in [-0.2, -0.15) is 13.9 Å². The number of anilines is 1. The van der Waals surface area contributed by atoms with Gasteiger partial charge in [0.05, 0.1) is 0 Å². The molecule has 0 saturated carbocycles. The molecule has 0 aliphatic heterocycles. The third-order valence-electron chi connectivity index (χ3n) is 6.74. The lowest BCUT2D eigenvalue weighted by Crippen LogP contribution is -2.36. The highest BCUT2D eigenvalue weighted by Crippen LogP contribution is 2.47. The fourth-order valence-electron chi connectivity index (χ4n) is 4.27. The molecule has 10 heteroatoms. The third kappa shape index (κ3) is 20.5. The first-order valence-electron chi connectivity index (χ1n) is 15.3. The van der Waals surface area contributed by atoms with Gasteiger partial charge < -0.3 is 19.3 Å². The Morgan fingerprint density at radius 1 is 0.875 bits per heavy atom. The summed E-state index contributed by atoms with van der Waals surface area (Å²) in [6, 6.07) is 3.90. The molecule has 1 aromatic rings. The molecule has 0 fully saturated rings. The third-order valence-corrected chi connectivity index (χ3v) is 7.73. The molecule has 1 N–H and O–H groups in total. The maximum absolute atomic E-state index is 12.3. The van der Waals surface area contributed by atoms with Crippen LogP contribution in [0.1, 0.15) is 104 Å². The second-order valence-electron chi connectivity index (χ2n) is 10.7. The molecule has 1 unspecified atom stereocenters. The van der Waals surface area contributed by atoms with Crippen LogP contribution >= 0.6 is 8.17 Å². The van der Waals surface area contributed by atoms with Gasteiger partial charge in [0.1, 0.15) is 19.3 Å². The number of phosphoric ester groups is 1. The molecular weight excluding hydrogens is 531 g/mol. The molecule has 1 aromatic heterocycles. The monoisotopic (exact) mass is 587 g/mol. The minimum absolute atomic E-state index is 0.00821. The Kier molecular flexibility index (Phi) is 21.3. The van der Waals surface area contributed by atoms with E-state index in [1.54, 1.807) is 0 Å². The van der Waals surface area contributed by atoms with Crippen LogP contribution in [-0.2, 0) is 29.9 Å². The number of aromatic nitrogens is 1. The van der Waals surface area contributed by atoms with E-state index in [2.05, 4.69) is 6.92 Å². The summed E-state index contributed by atoms with van der Waals surface area (Å²) in [7, 11) is -0.355. The lowest BCUT2D eigenvalue weighted by molar-refractivity contribution is -0.697. The topological polar surface area (TPSA) is 104 Å². The number of carbonyl (C=O) groups is 1. The fourth-order valence-corrected chi connectivity index (χ4v) is 5.02. The summed E-state index contributed by atoms with van der Waals surface area (Å²) in [6.45, 7) is 4.21. The normalized spacial score (nSPS) is 13.7. The zero-order chi connectivity index (χ0) is 29.5. The molecule has 0 aliphatic rings. The van der Waals surface area contributed by atoms with E-state index in [-0.39, 0.29) is 19.8 Å². The average molecular weight is 588 g/mol. The maximum Gasteiger partial charge on any atom is 0.377 e. The highest BCUT2D eigenvalue weighted by atomic mass is 31.2. The number of carbonyl (C=O) groups excluding carboxylic acids is 1. The second-order valence-corrected chi connectivity index (χ2v) is 12.1. The first-order valence-corrected chi connectivity index (χ1v) is 16.8. The first-order chi connectivity index (χ1) is 19.2. The Bertz CT molecular complexity index is 750. The molecule has 0 bridgehead atoms. The summed E-state index contributed by atoms with van der Waals surface area (Å²) in [5, 5.41) is 0. The van der Waals surface area contributed by atoms with E-state index in [0.29, 0.717) is 13.2 Å². The van der Waals surface area contributed by atoms with Gasteiger partial charge in [-0.1, -0.05) is 90.4 Å². The second kappa shape index (κ2) is 23.2. The Morgan fingerprint density at radius 3 is 1.90 bits per heavy atom. The lowest BCUT2D eigenvalue weighted by Gasteiger charge is -2.22. The van der Waals surface area contributed by atoms with E-state index >= 15 is 0 Å². The molecule has 232 valence electrons. The van der Waals surface area contributed by atoms with E-state index in [1.165, 1.54) is 84.0 Å². The Morgan fingerprint density at radius 2 is 1.40 bits per heavy atom. The molecule has 0 aromatic carbocycles. The van der Waals surface area contributed by atoms with E-state index in [4.69, 9.17) is 18.5 Å². The van der Waals surface area contributed by atoms with Crippen LogP contribution in [0, 0.1) is 0 Å². The van der Waals surface area contributed by atoms with Gasteiger partial charge in [0, 0.05) is 45.4 Å². The molecular formula is C30H56N2O7P+. The quantitative estimate of drug-likeness (QED) is 0.0653. The van der Waals surface area contributed by atoms with Crippen LogP contribution in [0.4, 0.5) is 5.69 Å². The van der Waals surface area contributed by atoms with Gasteiger partial charge in [-0.05, 0) is 6.42 Å². The van der Waals surface area contributed by atoms with Crippen molar-refractivity contribution >= 4 is 19.8 Å². The number of pyridine rings is 1. The average Bonchev–Trinajstić information content (AvgIpc) is 2.92. The minimum atomic E-state index is -4.27. The van der Waals surface area contributed by atoms with Crippen molar-refractivity contribution in [1.82, 2.24) is 0 Å². The highest BCUT2D eigenvalue weighted by molar-refractivity contribution is 7.52. The smallest absolute Gasteiger partial charge is 0.377 e. The van der Waals surface area contributed by atoms with Gasteiger partial charge in [-0.25, -0.2) is 4.57 Å². The molecule has 0 saturated heterocycles. The molecule has 1 heterocycles. The number of hydrogen-bond acceptors (Lipinski definition) is 8. The van der Waals surface area contributed by atoms with Crippen LogP contribution in [0.5, 0.6) is 0 Å². The number of nitrogens with zero attached hydrogens (tertiary/aromatic N) is 2. The lowest BCUT2D eigenvalue weighted by atomic mass is 10.0. The molecule has 0 amide bonds. The molecule has 1 rings (SSSR count). The molecule has 40 heavy (non-hydrogen) atoms. The maximum atomic E-state index is 12.3. The minimum Gasteiger partial charge on any atom is -0.606 e. The largest absolute Gasteiger partial charge is 0.606 e. The van der Waals surface area contributed by atoms with Crippen molar-refractivity contribution in [3.63, 3.8) is 0 Å². The van der Waals surface area contributed by atoms with Crippen LogP contribution in [0.2, 0.25) is 0 Å². The van der Waals surface area contributed by atoms with Crippen LogP contribution < -0.4 is 14.4 Å². The van der Waals surface area contributed by atoms with E-state index in [0.717, 1.165) is 18.5 Å². The zero-order valence-electron chi connectivity index (χ0n) is 25.6. The molecule has 0 radical (unpaired) electrons. The fraction of sp³-hybridized carbons (Fsp3) is 0.800. The van der Waals surface area contributed by atoms with Crippen molar-refractivity contribution in [2.45, 2.75) is 116 Å². The molecule has 0 aliphatic carbocycles. The van der Waals surface area contributed by atoms with Gasteiger partial charge in [0.2, 0.25) is 0 Å². The van der Waals surface area contributed by atoms with Crippen molar-refractivity contribution in [2.75, 3.05) is 45.4 Å². The van der Waals surface area contributed by atoms with Gasteiger partial charge in [0.15, 0.2) is 25.5 Å². The van der Waals surface area contributed by atoms with Gasteiger partial charge in [-0.3, -0.25) is 4.79 Å². The number of phosphoric acid groups is 1. The number of rotatable bonds is 26. The predicted octanol–water partition coefficient (Wildman–Crippen LogP) is 5.53. The van der Waals surface area contributed by atoms with Crippen LogP contribution in [0.15, 0.2) is 24.5 Å². The van der Waals surface area contributed by atoms with Gasteiger partial charge in [0.25, 0.3) is 0 Å². The summed E-state index contributed by atoms with van der Waals surface area (Å²) in [6.07, 6.45) is 21.0. The number of hydrogen-bond donors (Lipinski definition) is 1. The zero-order valence-corrected chi connectivity index (χ0v) is 26.5. The summed E-state index contributed by atoms with van der Waals surface area (Å²) >= 11 is 0. The summed E-state index contributed by atoms with van der Waals surface area (Å²) in [5.41, 5.74) is 1.06. The van der Waals surface area contributed by atoms with E-state index in [1.807, 2.05) is 48.1 Å².